The Labute approximate surface area is 168 Å². The van der Waals surface area contributed by atoms with E-state index in [0.717, 1.165) is 15.8 Å². The van der Waals surface area contributed by atoms with Gasteiger partial charge in [0.05, 0.1) is 13.3 Å². The second-order valence-electron chi connectivity index (χ2n) is 5.57. The van der Waals surface area contributed by atoms with Crippen LogP contribution in [-0.4, -0.2) is 19.9 Å². The lowest BCUT2D eigenvalue weighted by Crippen LogP contribution is -2.03. The van der Waals surface area contributed by atoms with E-state index in [1.807, 2.05) is 36.4 Å². The summed E-state index contributed by atoms with van der Waals surface area (Å²) in [5.41, 5.74) is 1.56. The van der Waals surface area contributed by atoms with E-state index in [4.69, 9.17) is 14.0 Å². The van der Waals surface area contributed by atoms with E-state index in [2.05, 4.69) is 25.8 Å². The van der Waals surface area contributed by atoms with Crippen LogP contribution in [0.5, 0.6) is 11.5 Å². The van der Waals surface area contributed by atoms with Crippen molar-refractivity contribution in [2.45, 2.75) is 13.2 Å². The van der Waals surface area contributed by atoms with E-state index >= 15 is 0 Å². The van der Waals surface area contributed by atoms with E-state index in [0.29, 0.717) is 11.3 Å². The molecule has 0 fully saturated rings. The Kier molecular flexibility index (Phi) is 6.65. The molecule has 0 aliphatic carbocycles. The third-order valence-electron chi connectivity index (χ3n) is 3.68. The average molecular weight is 452 g/mol. The molecule has 28 heavy (non-hydrogen) atoms. The van der Waals surface area contributed by atoms with Crippen LogP contribution >= 0.6 is 15.9 Å². The van der Waals surface area contributed by atoms with Crippen molar-refractivity contribution in [2.75, 3.05) is 7.11 Å². The molecule has 0 unspecified atom stereocenters. The summed E-state index contributed by atoms with van der Waals surface area (Å²) in [6.45, 7) is -2.77. The van der Waals surface area contributed by atoms with Crippen molar-refractivity contribution < 1.29 is 27.5 Å². The highest BCUT2D eigenvalue weighted by Gasteiger charge is 2.10. The molecule has 0 spiro atoms. The van der Waals surface area contributed by atoms with Gasteiger partial charge in [0.15, 0.2) is 18.1 Å². The molecule has 0 N–H and O–H groups in total. The molecule has 0 bridgehead atoms. The molecule has 8 heteroatoms. The van der Waals surface area contributed by atoms with Gasteiger partial charge in [-0.15, -0.1) is 0 Å². The maximum atomic E-state index is 12.3. The van der Waals surface area contributed by atoms with Crippen LogP contribution in [0.1, 0.15) is 11.3 Å². The lowest BCUT2D eigenvalue weighted by Gasteiger charge is -2.09. The van der Waals surface area contributed by atoms with E-state index in [9.17, 15) is 8.78 Å². The van der Waals surface area contributed by atoms with Crippen LogP contribution in [0.3, 0.4) is 0 Å². The summed E-state index contributed by atoms with van der Waals surface area (Å²) < 4.78 is 40.8. The fourth-order valence-corrected chi connectivity index (χ4v) is 2.65. The highest BCUT2D eigenvalue weighted by molar-refractivity contribution is 9.10. The highest BCUT2D eigenvalue weighted by atomic mass is 79.9. The minimum atomic E-state index is -2.92. The zero-order valence-corrected chi connectivity index (χ0v) is 16.4. The SMILES string of the molecule is COc1cc(/C=N/OCc2ccc(-c3ccc(Br)cc3)o2)ccc1OC(F)F. The minimum Gasteiger partial charge on any atom is -0.493 e. The van der Waals surface area contributed by atoms with Gasteiger partial charge in [-0.2, -0.15) is 8.78 Å². The normalized spacial score (nSPS) is 11.2. The largest absolute Gasteiger partial charge is 0.493 e. The summed E-state index contributed by atoms with van der Waals surface area (Å²) in [5, 5.41) is 3.86. The van der Waals surface area contributed by atoms with Gasteiger partial charge in [0.2, 0.25) is 0 Å². The number of halogens is 3. The molecule has 0 saturated heterocycles. The molecule has 0 saturated carbocycles. The van der Waals surface area contributed by atoms with Gasteiger partial charge < -0.3 is 18.7 Å². The monoisotopic (exact) mass is 451 g/mol. The fourth-order valence-electron chi connectivity index (χ4n) is 2.38. The Morgan fingerprint density at radius 2 is 1.86 bits per heavy atom. The number of oxime groups is 1. The van der Waals surface area contributed by atoms with Gasteiger partial charge in [0.1, 0.15) is 11.5 Å². The lowest BCUT2D eigenvalue weighted by atomic mass is 10.2. The van der Waals surface area contributed by atoms with Crippen LogP contribution in [0.15, 0.2) is 68.6 Å². The van der Waals surface area contributed by atoms with Crippen molar-refractivity contribution >= 4 is 22.1 Å². The molecule has 0 aliphatic rings. The molecule has 1 aromatic heterocycles. The first kappa shape index (κ1) is 19.9. The molecule has 0 aliphatic heterocycles. The van der Waals surface area contributed by atoms with Crippen molar-refractivity contribution in [1.29, 1.82) is 0 Å². The van der Waals surface area contributed by atoms with Gasteiger partial charge in [0, 0.05) is 15.6 Å². The van der Waals surface area contributed by atoms with E-state index in [1.54, 1.807) is 6.07 Å². The van der Waals surface area contributed by atoms with Crippen LogP contribution in [0.4, 0.5) is 8.78 Å². The first-order chi connectivity index (χ1) is 13.5. The molecule has 5 nitrogen and oxygen atoms in total. The Balaban J connectivity index is 1.57. The number of nitrogens with zero attached hydrogens (tertiary/aromatic N) is 1. The number of alkyl halides is 2. The molecule has 3 rings (SSSR count). The van der Waals surface area contributed by atoms with Gasteiger partial charge in [-0.3, -0.25) is 0 Å². The van der Waals surface area contributed by atoms with Crippen LogP contribution in [0.25, 0.3) is 11.3 Å². The number of hydrogen-bond donors (Lipinski definition) is 0. The maximum absolute atomic E-state index is 12.3. The molecule has 146 valence electrons. The Hall–Kier alpha value is -2.87. The third-order valence-corrected chi connectivity index (χ3v) is 4.21. The zero-order valence-electron chi connectivity index (χ0n) is 14.8. The maximum Gasteiger partial charge on any atom is 0.387 e. The summed E-state index contributed by atoms with van der Waals surface area (Å²) in [5.74, 6) is 1.48. The van der Waals surface area contributed by atoms with Crippen LogP contribution in [-0.2, 0) is 11.4 Å². The summed E-state index contributed by atoms with van der Waals surface area (Å²) >= 11 is 3.39. The lowest BCUT2D eigenvalue weighted by molar-refractivity contribution is -0.0512. The quantitative estimate of drug-likeness (QED) is 0.317. The predicted molar refractivity (Wildman–Crippen MR) is 104 cm³/mol. The van der Waals surface area contributed by atoms with Crippen molar-refractivity contribution in [3.8, 4) is 22.8 Å². The number of methoxy groups -OCH3 is 1. The average Bonchev–Trinajstić information content (AvgIpc) is 3.15. The molecule has 0 atom stereocenters. The number of hydrogen-bond acceptors (Lipinski definition) is 5. The fraction of sp³-hybridized carbons (Fsp3) is 0.150. The second-order valence-corrected chi connectivity index (χ2v) is 6.49. The van der Waals surface area contributed by atoms with Gasteiger partial charge in [-0.05, 0) is 42.5 Å². The van der Waals surface area contributed by atoms with Crippen molar-refractivity contribution in [1.82, 2.24) is 0 Å². The Morgan fingerprint density at radius 3 is 2.57 bits per heavy atom. The topological polar surface area (TPSA) is 53.2 Å². The summed E-state index contributed by atoms with van der Waals surface area (Å²) in [7, 11) is 1.37. The number of benzene rings is 2. The van der Waals surface area contributed by atoms with E-state index in [1.165, 1.54) is 25.5 Å². The number of furan rings is 1. The number of ether oxygens (including phenoxy) is 2. The standard InChI is InChI=1S/C20H16BrF2NO4/c1-25-19-10-13(2-8-18(19)28-20(22)23)11-24-26-12-16-7-9-17(27-16)14-3-5-15(21)6-4-14/h2-11,20H,12H2,1H3/b24-11+. The predicted octanol–water partition coefficient (Wildman–Crippen LogP) is 5.87. The summed E-state index contributed by atoms with van der Waals surface area (Å²) in [6.07, 6.45) is 1.44. The Morgan fingerprint density at radius 1 is 1.07 bits per heavy atom. The second kappa shape index (κ2) is 9.36. The van der Waals surface area contributed by atoms with Crippen molar-refractivity contribution in [3.63, 3.8) is 0 Å². The third kappa shape index (κ3) is 5.32. The van der Waals surface area contributed by atoms with Crippen molar-refractivity contribution in [3.05, 3.63) is 70.4 Å². The van der Waals surface area contributed by atoms with Gasteiger partial charge in [-0.25, -0.2) is 0 Å². The molecule has 3 aromatic rings. The van der Waals surface area contributed by atoms with Crippen LogP contribution < -0.4 is 9.47 Å². The van der Waals surface area contributed by atoms with Gasteiger partial charge >= 0.3 is 6.61 Å². The summed E-state index contributed by atoms with van der Waals surface area (Å²) in [6, 6.07) is 15.9. The molecule has 0 amide bonds. The van der Waals surface area contributed by atoms with Crippen molar-refractivity contribution in [2.24, 2.45) is 5.16 Å². The first-order valence-corrected chi connectivity index (χ1v) is 8.97. The molecule has 0 radical (unpaired) electrons. The molecular weight excluding hydrogens is 436 g/mol. The highest BCUT2D eigenvalue weighted by Crippen LogP contribution is 2.29. The molecular formula is C20H16BrF2NO4. The summed E-state index contributed by atoms with van der Waals surface area (Å²) in [4.78, 5) is 5.24. The first-order valence-electron chi connectivity index (χ1n) is 8.18. The van der Waals surface area contributed by atoms with Crippen LogP contribution in [0, 0.1) is 0 Å². The minimum absolute atomic E-state index is 0.0494. The van der Waals surface area contributed by atoms with Gasteiger partial charge in [-0.1, -0.05) is 33.2 Å². The Bertz CT molecular complexity index is 942. The smallest absolute Gasteiger partial charge is 0.387 e. The van der Waals surface area contributed by atoms with E-state index in [-0.39, 0.29) is 18.1 Å². The van der Waals surface area contributed by atoms with E-state index < -0.39 is 6.61 Å². The molecule has 1 heterocycles. The number of rotatable bonds is 8. The van der Waals surface area contributed by atoms with Crippen LogP contribution in [0.2, 0.25) is 0 Å². The zero-order chi connectivity index (χ0) is 19.9. The van der Waals surface area contributed by atoms with Gasteiger partial charge in [0.25, 0.3) is 0 Å². The molecule has 2 aromatic carbocycles.